The van der Waals surface area contributed by atoms with Crippen molar-refractivity contribution < 1.29 is 9.53 Å². The average molecular weight is 575 g/mol. The van der Waals surface area contributed by atoms with Gasteiger partial charge >= 0.3 is 5.97 Å². The number of carbonyl (C=O) groups is 1. The van der Waals surface area contributed by atoms with Crippen LogP contribution in [0.25, 0.3) is 11.1 Å². The maximum Gasteiger partial charge on any atom is 0.330 e. The maximum absolute atomic E-state index is 11.2. The minimum atomic E-state index is -0.389. The van der Waals surface area contributed by atoms with Gasteiger partial charge < -0.3 is 9.64 Å². The zero-order valence-electron chi connectivity index (χ0n) is 20.2. The van der Waals surface area contributed by atoms with Crippen molar-refractivity contribution in [2.45, 2.75) is 20.3 Å². The highest BCUT2D eigenvalue weighted by Crippen LogP contribution is 2.29. The third-order valence-electron chi connectivity index (χ3n) is 5.47. The van der Waals surface area contributed by atoms with E-state index in [1.165, 1.54) is 17.2 Å². The first-order valence-corrected chi connectivity index (χ1v) is 12.7. The largest absolute Gasteiger partial charge is 0.462 e. The molecule has 0 aliphatic rings. The highest BCUT2D eigenvalue weighted by Gasteiger charge is 2.07. The highest BCUT2D eigenvalue weighted by atomic mass is 127. The van der Waals surface area contributed by atoms with E-state index in [9.17, 15) is 4.79 Å². The zero-order chi connectivity index (χ0) is 25.0. The molecule has 4 heteroatoms. The summed E-state index contributed by atoms with van der Waals surface area (Å²) in [5.74, 6) is -0.389. The summed E-state index contributed by atoms with van der Waals surface area (Å²) < 4.78 is 7.08. The van der Waals surface area contributed by atoms with Crippen LogP contribution in [0.5, 0.6) is 0 Å². The van der Waals surface area contributed by atoms with E-state index in [-0.39, 0.29) is 5.97 Å². The third kappa shape index (κ3) is 8.11. The Balaban J connectivity index is 1.78. The number of halogens is 1. The number of anilines is 2. The fourth-order valence-corrected chi connectivity index (χ4v) is 4.04. The van der Waals surface area contributed by atoms with E-state index < -0.39 is 0 Å². The summed E-state index contributed by atoms with van der Waals surface area (Å²) in [4.78, 5) is 13.4. The molecule has 178 valence electrons. The second kappa shape index (κ2) is 13.5. The van der Waals surface area contributed by atoms with Crippen LogP contribution in [0.3, 0.4) is 0 Å². The normalized spacial score (nSPS) is 11.7. The van der Waals surface area contributed by atoms with Crippen LogP contribution < -0.4 is 4.90 Å². The van der Waals surface area contributed by atoms with Gasteiger partial charge in [0.05, 0.1) is 6.61 Å². The van der Waals surface area contributed by atoms with Gasteiger partial charge in [-0.2, -0.15) is 0 Å². The molecule has 0 bridgehead atoms. The molecule has 3 aromatic carbocycles. The lowest BCUT2D eigenvalue weighted by molar-refractivity contribution is -0.137. The van der Waals surface area contributed by atoms with Gasteiger partial charge in [-0.25, -0.2) is 4.79 Å². The molecule has 35 heavy (non-hydrogen) atoms. The number of carbonyl (C=O) groups excluding carboxylic acids is 1. The molecule has 0 unspecified atom stereocenters. The van der Waals surface area contributed by atoms with E-state index in [1.54, 1.807) is 0 Å². The molecule has 0 saturated heterocycles. The summed E-state index contributed by atoms with van der Waals surface area (Å²) in [5, 5.41) is 0. The molecule has 3 aromatic rings. The Kier molecular flexibility index (Phi) is 10.1. The van der Waals surface area contributed by atoms with Crippen molar-refractivity contribution in [2.75, 3.05) is 11.5 Å². The van der Waals surface area contributed by atoms with E-state index in [2.05, 4.69) is 145 Å². The van der Waals surface area contributed by atoms with Gasteiger partial charge in [0.1, 0.15) is 0 Å². The number of esters is 1. The van der Waals surface area contributed by atoms with Crippen LogP contribution >= 0.6 is 22.6 Å². The van der Waals surface area contributed by atoms with Crippen LogP contribution in [0.2, 0.25) is 0 Å². The van der Waals surface area contributed by atoms with Crippen molar-refractivity contribution in [3.63, 3.8) is 0 Å². The van der Waals surface area contributed by atoms with Gasteiger partial charge in [0.15, 0.2) is 0 Å². The Morgan fingerprint density at radius 1 is 0.943 bits per heavy atom. The first-order valence-electron chi connectivity index (χ1n) is 11.5. The lowest BCUT2D eigenvalue weighted by Crippen LogP contribution is -2.08. The van der Waals surface area contributed by atoms with Crippen molar-refractivity contribution in [3.05, 3.63) is 131 Å². The molecule has 0 aliphatic heterocycles. The number of ether oxygens (including phenoxy) is 1. The summed E-state index contributed by atoms with van der Waals surface area (Å²) in [6.45, 7) is 7.95. The fourth-order valence-electron chi connectivity index (χ4n) is 3.47. The molecule has 0 heterocycles. The van der Waals surface area contributed by atoms with Crippen LogP contribution in [0.1, 0.15) is 18.1 Å². The van der Waals surface area contributed by atoms with Crippen molar-refractivity contribution in [1.82, 2.24) is 0 Å². The van der Waals surface area contributed by atoms with Crippen molar-refractivity contribution >= 4 is 39.9 Å². The summed E-state index contributed by atoms with van der Waals surface area (Å²) in [7, 11) is 0. The van der Waals surface area contributed by atoms with E-state index in [4.69, 9.17) is 4.74 Å². The first-order chi connectivity index (χ1) is 17.0. The highest BCUT2D eigenvalue weighted by molar-refractivity contribution is 14.1. The minimum Gasteiger partial charge on any atom is -0.462 e. The van der Waals surface area contributed by atoms with Crippen LogP contribution in [-0.2, 0) is 16.0 Å². The number of rotatable bonds is 10. The average Bonchev–Trinajstić information content (AvgIpc) is 2.88. The number of allylic oxidation sites excluding steroid dienone is 4. The second-order valence-corrected chi connectivity index (χ2v) is 8.83. The summed E-state index contributed by atoms with van der Waals surface area (Å²) >= 11 is 2.23. The molecule has 0 aromatic heterocycles. The maximum atomic E-state index is 11.2. The molecule has 0 N–H and O–H groups in total. The number of hydrogen-bond donors (Lipinski definition) is 0. The van der Waals surface area contributed by atoms with Crippen LogP contribution in [0.4, 0.5) is 11.4 Å². The Hall–Kier alpha value is -3.38. The van der Waals surface area contributed by atoms with Gasteiger partial charge in [-0.3, -0.25) is 0 Å². The summed E-state index contributed by atoms with van der Waals surface area (Å²) in [6.07, 6.45) is 10.2. The van der Waals surface area contributed by atoms with Crippen molar-refractivity contribution in [2.24, 2.45) is 0 Å². The lowest BCUT2D eigenvalue weighted by atomic mass is 10.0. The molecule has 0 saturated carbocycles. The number of hydrogen-bond acceptors (Lipinski definition) is 3. The Morgan fingerprint density at radius 2 is 1.51 bits per heavy atom. The Labute approximate surface area is 222 Å². The number of aryl methyl sites for hydroxylation is 1. The van der Waals surface area contributed by atoms with Gasteiger partial charge in [-0.1, -0.05) is 101 Å². The molecule has 0 amide bonds. The van der Waals surface area contributed by atoms with Gasteiger partial charge in [0, 0.05) is 30.1 Å². The third-order valence-corrected chi connectivity index (χ3v) is 5.83. The second-order valence-electron chi connectivity index (χ2n) is 8.12. The standard InChI is InChI=1S/C31H30INO2/c1-4-31(34)35-23-20-26-9-11-27(12-10-26)28-13-17-30(18-14-28)33(22-5-6-24(2)19-21-32)29-15-7-25(3)8-16-29/h4-19,21-22H,1,20,23H2,2-3H3/b21-19-,22-5+,24-6-. The van der Waals surface area contributed by atoms with Gasteiger partial charge in [0.2, 0.25) is 0 Å². The van der Waals surface area contributed by atoms with Gasteiger partial charge in [-0.15, -0.1) is 0 Å². The summed E-state index contributed by atoms with van der Waals surface area (Å²) in [6, 6.07) is 25.5. The van der Waals surface area contributed by atoms with Crippen LogP contribution in [0.15, 0.2) is 120 Å². The van der Waals surface area contributed by atoms with E-state index in [0.29, 0.717) is 13.0 Å². The minimum absolute atomic E-state index is 0.352. The quantitative estimate of drug-likeness (QED) is 0.105. The first kappa shape index (κ1) is 26.2. The molecule has 0 atom stereocenters. The molecule has 0 radical (unpaired) electrons. The lowest BCUT2D eigenvalue weighted by Gasteiger charge is -2.21. The molecule has 0 spiro atoms. The SMILES string of the molecule is C=CC(=O)OCCc1ccc(-c2ccc(N(/C=C/C=C(C)\C=C/I)c3ccc(C)cc3)cc2)cc1. The van der Waals surface area contributed by atoms with Gasteiger partial charge in [0.25, 0.3) is 0 Å². The predicted octanol–water partition coefficient (Wildman–Crippen LogP) is 8.48. The molecule has 3 rings (SSSR count). The van der Waals surface area contributed by atoms with E-state index >= 15 is 0 Å². The molecule has 3 nitrogen and oxygen atoms in total. The molecular formula is C31H30INO2. The fraction of sp³-hybridized carbons (Fsp3) is 0.129. The molecular weight excluding hydrogens is 545 g/mol. The van der Waals surface area contributed by atoms with Crippen LogP contribution in [0, 0.1) is 6.92 Å². The number of nitrogens with zero attached hydrogens (tertiary/aromatic N) is 1. The Bertz CT molecular complexity index is 1200. The topological polar surface area (TPSA) is 29.5 Å². The van der Waals surface area contributed by atoms with E-state index in [0.717, 1.165) is 28.1 Å². The zero-order valence-corrected chi connectivity index (χ0v) is 22.3. The van der Waals surface area contributed by atoms with Crippen molar-refractivity contribution in [3.8, 4) is 11.1 Å². The molecule has 0 aliphatic carbocycles. The monoisotopic (exact) mass is 575 g/mol. The van der Waals surface area contributed by atoms with Crippen LogP contribution in [-0.4, -0.2) is 12.6 Å². The number of benzene rings is 3. The van der Waals surface area contributed by atoms with Crippen molar-refractivity contribution in [1.29, 1.82) is 0 Å². The summed E-state index contributed by atoms with van der Waals surface area (Å²) in [5.41, 5.74) is 8.04. The van der Waals surface area contributed by atoms with E-state index in [1.807, 2.05) is 4.08 Å². The predicted molar refractivity (Wildman–Crippen MR) is 156 cm³/mol. The molecule has 0 fully saturated rings. The van der Waals surface area contributed by atoms with Gasteiger partial charge in [-0.05, 0) is 65.0 Å². The smallest absolute Gasteiger partial charge is 0.330 e. The Morgan fingerprint density at radius 3 is 2.09 bits per heavy atom.